The Balaban J connectivity index is 2.31. The van der Waals surface area contributed by atoms with Gasteiger partial charge in [-0.15, -0.1) is 0 Å². The molecule has 0 aromatic carbocycles. The van der Waals surface area contributed by atoms with E-state index in [4.69, 9.17) is 5.73 Å². The zero-order valence-electron chi connectivity index (χ0n) is 7.83. The van der Waals surface area contributed by atoms with Gasteiger partial charge in [0.25, 0.3) is 0 Å². The molecule has 0 saturated heterocycles. The van der Waals surface area contributed by atoms with Crippen molar-refractivity contribution in [3.8, 4) is 0 Å². The third kappa shape index (κ3) is 0.924. The minimum Gasteiger partial charge on any atom is -0.369 e. The Morgan fingerprint density at radius 3 is 2.58 bits per heavy atom. The molecule has 1 aliphatic carbocycles. The molecule has 2 rings (SSSR count). The van der Waals surface area contributed by atoms with Crippen LogP contribution in [-0.2, 0) is 7.05 Å². The summed E-state index contributed by atoms with van der Waals surface area (Å²) in [4.78, 5) is 4.08. The van der Waals surface area contributed by atoms with Crippen molar-refractivity contribution in [2.45, 2.75) is 26.2 Å². The lowest BCUT2D eigenvalue weighted by Gasteiger charge is -2.04. The van der Waals surface area contributed by atoms with Crippen LogP contribution in [0.4, 0.5) is 5.95 Å². The lowest BCUT2D eigenvalue weighted by molar-refractivity contribution is 0.607. The molecule has 1 aliphatic rings. The van der Waals surface area contributed by atoms with Crippen LogP contribution in [0.25, 0.3) is 0 Å². The molecule has 0 amide bonds. The third-order valence-corrected chi connectivity index (χ3v) is 2.93. The molecule has 66 valence electrons. The van der Waals surface area contributed by atoms with Crippen molar-refractivity contribution in [3.63, 3.8) is 0 Å². The van der Waals surface area contributed by atoms with Gasteiger partial charge in [-0.1, -0.05) is 13.8 Å². The van der Waals surface area contributed by atoms with E-state index in [1.165, 1.54) is 12.1 Å². The van der Waals surface area contributed by atoms with E-state index < -0.39 is 0 Å². The predicted octanol–water partition coefficient (Wildman–Crippen LogP) is 1.52. The molecule has 1 fully saturated rings. The van der Waals surface area contributed by atoms with Gasteiger partial charge in [0.05, 0.1) is 6.20 Å². The molecule has 1 aromatic heterocycles. The fraction of sp³-hybridized carbons (Fsp3) is 0.667. The first kappa shape index (κ1) is 7.65. The quantitative estimate of drug-likeness (QED) is 0.685. The van der Waals surface area contributed by atoms with Crippen LogP contribution in [0.15, 0.2) is 6.20 Å². The van der Waals surface area contributed by atoms with Gasteiger partial charge in [0.15, 0.2) is 5.95 Å². The fourth-order valence-electron chi connectivity index (χ4n) is 1.73. The lowest BCUT2D eigenvalue weighted by atomic mass is 10.1. The van der Waals surface area contributed by atoms with Crippen molar-refractivity contribution in [1.82, 2.24) is 9.55 Å². The summed E-state index contributed by atoms with van der Waals surface area (Å²) < 4.78 is 1.99. The minimum atomic E-state index is 0.459. The summed E-state index contributed by atoms with van der Waals surface area (Å²) in [6.45, 7) is 4.56. The maximum Gasteiger partial charge on any atom is 0.200 e. The summed E-state index contributed by atoms with van der Waals surface area (Å²) >= 11 is 0. The standard InChI is InChI=1S/C9H15N3/c1-9(2)4-6(9)7-5-11-8(10)12(7)3/h5-6H,4H2,1-3H3,(H2,10,11). The molecular weight excluding hydrogens is 150 g/mol. The zero-order valence-corrected chi connectivity index (χ0v) is 7.83. The molecule has 3 nitrogen and oxygen atoms in total. The van der Waals surface area contributed by atoms with Crippen molar-refractivity contribution in [2.24, 2.45) is 12.5 Å². The van der Waals surface area contributed by atoms with Gasteiger partial charge < -0.3 is 10.3 Å². The summed E-state index contributed by atoms with van der Waals surface area (Å²) in [5, 5.41) is 0. The molecule has 0 aliphatic heterocycles. The number of hydrogen-bond acceptors (Lipinski definition) is 2. The summed E-state index contributed by atoms with van der Waals surface area (Å²) in [5.41, 5.74) is 7.38. The monoisotopic (exact) mass is 165 g/mol. The van der Waals surface area contributed by atoms with Gasteiger partial charge in [-0.25, -0.2) is 4.98 Å². The van der Waals surface area contributed by atoms with Gasteiger partial charge in [0, 0.05) is 18.7 Å². The highest BCUT2D eigenvalue weighted by atomic mass is 15.1. The molecule has 0 spiro atoms. The van der Waals surface area contributed by atoms with E-state index in [-0.39, 0.29) is 0 Å². The minimum absolute atomic E-state index is 0.459. The number of nitrogens with zero attached hydrogens (tertiary/aromatic N) is 2. The summed E-state index contributed by atoms with van der Waals surface area (Å²) in [5.74, 6) is 1.28. The number of rotatable bonds is 1. The first-order valence-corrected chi connectivity index (χ1v) is 4.29. The van der Waals surface area contributed by atoms with Crippen LogP contribution in [0.2, 0.25) is 0 Å². The van der Waals surface area contributed by atoms with E-state index in [2.05, 4.69) is 18.8 Å². The molecule has 1 atom stereocenters. The number of nitrogens with two attached hydrogens (primary N) is 1. The molecule has 1 aromatic rings. The van der Waals surface area contributed by atoms with Gasteiger partial charge in [-0.3, -0.25) is 0 Å². The fourth-order valence-corrected chi connectivity index (χ4v) is 1.73. The Labute approximate surface area is 72.6 Å². The first-order chi connectivity index (χ1) is 5.52. The molecule has 2 N–H and O–H groups in total. The Morgan fingerprint density at radius 2 is 2.25 bits per heavy atom. The predicted molar refractivity (Wildman–Crippen MR) is 48.8 cm³/mol. The smallest absolute Gasteiger partial charge is 0.200 e. The normalized spacial score (nSPS) is 25.8. The van der Waals surface area contributed by atoms with Crippen LogP contribution in [0, 0.1) is 5.41 Å². The van der Waals surface area contributed by atoms with E-state index in [0.717, 1.165) is 0 Å². The molecule has 1 heterocycles. The molecule has 12 heavy (non-hydrogen) atoms. The topological polar surface area (TPSA) is 43.8 Å². The van der Waals surface area contributed by atoms with Crippen LogP contribution in [0.5, 0.6) is 0 Å². The van der Waals surface area contributed by atoms with Crippen molar-refractivity contribution < 1.29 is 0 Å². The number of anilines is 1. The van der Waals surface area contributed by atoms with Crippen molar-refractivity contribution >= 4 is 5.95 Å². The van der Waals surface area contributed by atoms with E-state index in [1.54, 1.807) is 0 Å². The second kappa shape index (κ2) is 2.03. The maximum atomic E-state index is 5.65. The average Bonchev–Trinajstić information content (AvgIpc) is 2.47. The van der Waals surface area contributed by atoms with E-state index in [1.807, 2.05) is 17.8 Å². The van der Waals surface area contributed by atoms with Crippen molar-refractivity contribution in [3.05, 3.63) is 11.9 Å². The van der Waals surface area contributed by atoms with Crippen molar-refractivity contribution in [2.75, 3.05) is 5.73 Å². The molecule has 1 saturated carbocycles. The lowest BCUT2D eigenvalue weighted by Crippen LogP contribution is -2.02. The highest BCUT2D eigenvalue weighted by molar-refractivity contribution is 5.29. The average molecular weight is 165 g/mol. The van der Waals surface area contributed by atoms with Crippen LogP contribution in [-0.4, -0.2) is 9.55 Å². The van der Waals surface area contributed by atoms with E-state index >= 15 is 0 Å². The van der Waals surface area contributed by atoms with Crippen LogP contribution < -0.4 is 5.73 Å². The van der Waals surface area contributed by atoms with E-state index in [9.17, 15) is 0 Å². The number of imidazole rings is 1. The largest absolute Gasteiger partial charge is 0.369 e. The Kier molecular flexibility index (Phi) is 1.29. The summed E-state index contributed by atoms with van der Waals surface area (Å²) in [6, 6.07) is 0. The van der Waals surface area contributed by atoms with Crippen LogP contribution in [0.1, 0.15) is 31.9 Å². The highest BCUT2D eigenvalue weighted by Gasteiger charge is 2.48. The molecule has 3 heteroatoms. The van der Waals surface area contributed by atoms with Gasteiger partial charge >= 0.3 is 0 Å². The maximum absolute atomic E-state index is 5.65. The Morgan fingerprint density at radius 1 is 1.67 bits per heavy atom. The Bertz CT molecular complexity index is 312. The molecule has 0 bridgehead atoms. The Hall–Kier alpha value is -0.990. The molecule has 0 radical (unpaired) electrons. The summed E-state index contributed by atoms with van der Waals surface area (Å²) in [6.07, 6.45) is 3.15. The van der Waals surface area contributed by atoms with Crippen LogP contribution >= 0.6 is 0 Å². The number of aromatic nitrogens is 2. The third-order valence-electron chi connectivity index (χ3n) is 2.93. The van der Waals surface area contributed by atoms with Crippen LogP contribution in [0.3, 0.4) is 0 Å². The van der Waals surface area contributed by atoms with Gasteiger partial charge in [0.2, 0.25) is 0 Å². The second-order valence-electron chi connectivity index (χ2n) is 4.35. The zero-order chi connectivity index (χ0) is 8.93. The van der Waals surface area contributed by atoms with E-state index in [0.29, 0.717) is 17.3 Å². The van der Waals surface area contributed by atoms with Crippen molar-refractivity contribution in [1.29, 1.82) is 0 Å². The number of hydrogen-bond donors (Lipinski definition) is 1. The van der Waals surface area contributed by atoms with Gasteiger partial charge in [0.1, 0.15) is 0 Å². The van der Waals surface area contributed by atoms with Gasteiger partial charge in [-0.2, -0.15) is 0 Å². The van der Waals surface area contributed by atoms with Gasteiger partial charge in [-0.05, 0) is 11.8 Å². The first-order valence-electron chi connectivity index (χ1n) is 4.29. The molecular formula is C9H15N3. The highest BCUT2D eigenvalue weighted by Crippen LogP contribution is 2.58. The number of nitrogen functional groups attached to an aromatic ring is 1. The molecule has 1 unspecified atom stereocenters. The SMILES string of the molecule is Cn1c(C2CC2(C)C)cnc1N. The summed E-state index contributed by atoms with van der Waals surface area (Å²) in [7, 11) is 1.98. The second-order valence-corrected chi connectivity index (χ2v) is 4.35.